The topological polar surface area (TPSA) is 118 Å². The number of sulfonamides is 1. The lowest BCUT2D eigenvalue weighted by molar-refractivity contribution is 0.0593. The first kappa shape index (κ1) is 19.9. The summed E-state index contributed by atoms with van der Waals surface area (Å²) in [4.78, 5) is 12.3. The van der Waals surface area contributed by atoms with Gasteiger partial charge in [0, 0.05) is 25.0 Å². The zero-order valence-corrected chi connectivity index (χ0v) is 16.6. The highest BCUT2D eigenvalue weighted by atomic mass is 32.2. The maximum Gasteiger partial charge on any atom is 0.357 e. The van der Waals surface area contributed by atoms with Gasteiger partial charge in [0.2, 0.25) is 10.0 Å². The highest BCUT2D eigenvalue weighted by molar-refractivity contribution is 7.89. The quantitative estimate of drug-likeness (QED) is 0.783. The summed E-state index contributed by atoms with van der Waals surface area (Å²) in [6, 6.07) is 8.16. The van der Waals surface area contributed by atoms with Gasteiger partial charge in [0.05, 0.1) is 23.3 Å². The van der Waals surface area contributed by atoms with Crippen molar-refractivity contribution in [2.75, 3.05) is 25.9 Å². The fourth-order valence-electron chi connectivity index (χ4n) is 3.29. The SMILES string of the molecule is COC(=O)c1c(N)c(C#N)cn1-c1cccc(S(=O)(=O)N2CCC(C)CC2)c1. The van der Waals surface area contributed by atoms with Gasteiger partial charge in [-0.2, -0.15) is 9.57 Å². The molecule has 2 heterocycles. The van der Waals surface area contributed by atoms with Crippen molar-refractivity contribution in [3.63, 3.8) is 0 Å². The Labute approximate surface area is 164 Å². The summed E-state index contributed by atoms with van der Waals surface area (Å²) in [7, 11) is -2.44. The number of rotatable bonds is 4. The molecule has 0 amide bonds. The molecule has 0 unspecified atom stereocenters. The first-order chi connectivity index (χ1) is 13.3. The van der Waals surface area contributed by atoms with Gasteiger partial charge in [0.25, 0.3) is 0 Å². The van der Waals surface area contributed by atoms with E-state index in [0.717, 1.165) is 12.8 Å². The molecule has 0 atom stereocenters. The first-order valence-corrected chi connectivity index (χ1v) is 10.3. The van der Waals surface area contributed by atoms with Gasteiger partial charge in [-0.3, -0.25) is 0 Å². The molecule has 3 rings (SSSR count). The number of ether oxygens (including phenoxy) is 1. The number of nitrogens with two attached hydrogens (primary N) is 1. The molecule has 1 fully saturated rings. The van der Waals surface area contributed by atoms with Crippen LogP contribution in [0.2, 0.25) is 0 Å². The normalized spacial score (nSPS) is 15.9. The van der Waals surface area contributed by atoms with E-state index in [4.69, 9.17) is 10.5 Å². The van der Waals surface area contributed by atoms with E-state index in [-0.39, 0.29) is 21.8 Å². The van der Waals surface area contributed by atoms with Crippen LogP contribution >= 0.6 is 0 Å². The second kappa shape index (κ2) is 7.66. The van der Waals surface area contributed by atoms with Gasteiger partial charge in [-0.25, -0.2) is 13.2 Å². The van der Waals surface area contributed by atoms with Crippen LogP contribution in [0.4, 0.5) is 5.69 Å². The molecular weight excluding hydrogens is 380 g/mol. The van der Waals surface area contributed by atoms with Crippen molar-refractivity contribution in [2.45, 2.75) is 24.7 Å². The number of nitrogens with zero attached hydrogens (tertiary/aromatic N) is 3. The van der Waals surface area contributed by atoms with Gasteiger partial charge in [-0.15, -0.1) is 0 Å². The molecule has 0 aliphatic carbocycles. The van der Waals surface area contributed by atoms with Gasteiger partial charge in [0.15, 0.2) is 5.69 Å². The number of nitriles is 1. The fourth-order valence-corrected chi connectivity index (χ4v) is 4.80. The third kappa shape index (κ3) is 3.48. The molecule has 2 aromatic rings. The largest absolute Gasteiger partial charge is 0.464 e. The van der Waals surface area contributed by atoms with E-state index in [2.05, 4.69) is 6.92 Å². The lowest BCUT2D eigenvalue weighted by Crippen LogP contribution is -2.37. The number of methoxy groups -OCH3 is 1. The lowest BCUT2D eigenvalue weighted by Gasteiger charge is -2.29. The molecule has 1 aliphatic rings. The van der Waals surface area contributed by atoms with Crippen LogP contribution in [0.1, 0.15) is 35.8 Å². The molecule has 0 spiro atoms. The van der Waals surface area contributed by atoms with E-state index in [0.29, 0.717) is 24.7 Å². The zero-order valence-electron chi connectivity index (χ0n) is 15.8. The summed E-state index contributed by atoms with van der Waals surface area (Å²) in [6.45, 7) is 3.08. The summed E-state index contributed by atoms with van der Waals surface area (Å²) in [5.41, 5.74) is 6.40. The van der Waals surface area contributed by atoms with Crippen molar-refractivity contribution in [1.82, 2.24) is 8.87 Å². The van der Waals surface area contributed by atoms with E-state index in [1.165, 1.54) is 34.3 Å². The smallest absolute Gasteiger partial charge is 0.357 e. The standard InChI is InChI=1S/C19H22N4O4S/c1-13-6-8-22(9-7-13)28(25,26)16-5-3-4-15(10-16)23-12-14(11-20)17(21)18(23)19(24)27-2/h3-5,10,12-13H,6-9,21H2,1-2H3. The summed E-state index contributed by atoms with van der Waals surface area (Å²) >= 11 is 0. The Hall–Kier alpha value is -2.83. The van der Waals surface area contributed by atoms with E-state index in [9.17, 15) is 18.5 Å². The van der Waals surface area contributed by atoms with E-state index >= 15 is 0 Å². The molecular formula is C19H22N4O4S. The van der Waals surface area contributed by atoms with Crippen LogP contribution in [-0.2, 0) is 14.8 Å². The zero-order chi connectivity index (χ0) is 20.5. The number of esters is 1. The average molecular weight is 402 g/mol. The van der Waals surface area contributed by atoms with Gasteiger partial charge >= 0.3 is 5.97 Å². The number of aromatic nitrogens is 1. The number of hydrogen-bond donors (Lipinski definition) is 1. The second-order valence-electron chi connectivity index (χ2n) is 6.86. The van der Waals surface area contributed by atoms with Crippen molar-refractivity contribution in [2.24, 2.45) is 5.92 Å². The minimum Gasteiger partial charge on any atom is -0.464 e. The lowest BCUT2D eigenvalue weighted by atomic mass is 10.0. The van der Waals surface area contributed by atoms with Crippen molar-refractivity contribution in [3.05, 3.63) is 41.7 Å². The van der Waals surface area contributed by atoms with Crippen LogP contribution in [-0.4, -0.2) is 43.5 Å². The van der Waals surface area contributed by atoms with E-state index < -0.39 is 16.0 Å². The van der Waals surface area contributed by atoms with Crippen molar-refractivity contribution < 1.29 is 17.9 Å². The molecule has 1 aromatic carbocycles. The number of carbonyl (C=O) groups is 1. The number of benzene rings is 1. The van der Waals surface area contributed by atoms with Crippen molar-refractivity contribution in [1.29, 1.82) is 5.26 Å². The molecule has 1 aromatic heterocycles. The van der Waals surface area contributed by atoms with E-state index in [1.54, 1.807) is 12.1 Å². The Morgan fingerprint density at radius 1 is 1.32 bits per heavy atom. The number of nitrogen functional groups attached to an aromatic ring is 1. The molecule has 1 saturated heterocycles. The predicted octanol–water partition coefficient (Wildman–Crippen LogP) is 2.14. The Balaban J connectivity index is 2.06. The third-order valence-corrected chi connectivity index (χ3v) is 6.91. The van der Waals surface area contributed by atoms with Gasteiger partial charge in [-0.05, 0) is 37.0 Å². The third-order valence-electron chi connectivity index (χ3n) is 5.02. The molecule has 148 valence electrons. The summed E-state index contributed by atoms with van der Waals surface area (Å²) in [6.07, 6.45) is 3.05. The van der Waals surface area contributed by atoms with Crippen molar-refractivity contribution in [3.8, 4) is 11.8 Å². The van der Waals surface area contributed by atoms with Crippen molar-refractivity contribution >= 4 is 21.7 Å². The van der Waals surface area contributed by atoms with Gasteiger partial charge < -0.3 is 15.0 Å². The van der Waals surface area contributed by atoms with E-state index in [1.807, 2.05) is 6.07 Å². The van der Waals surface area contributed by atoms with Crippen LogP contribution in [0.25, 0.3) is 5.69 Å². The number of piperidine rings is 1. The number of carbonyl (C=O) groups excluding carboxylic acids is 1. The molecule has 1 aliphatic heterocycles. The first-order valence-electron chi connectivity index (χ1n) is 8.89. The summed E-state index contributed by atoms with van der Waals surface area (Å²) < 4.78 is 33.7. The van der Waals surface area contributed by atoms with Crippen LogP contribution in [0.3, 0.4) is 0 Å². The molecule has 9 heteroatoms. The molecule has 8 nitrogen and oxygen atoms in total. The highest BCUT2D eigenvalue weighted by Gasteiger charge is 2.29. The summed E-state index contributed by atoms with van der Waals surface area (Å²) in [5.74, 6) is -0.204. The molecule has 0 bridgehead atoms. The Morgan fingerprint density at radius 2 is 2.00 bits per heavy atom. The number of anilines is 1. The average Bonchev–Trinajstić information content (AvgIpc) is 3.04. The molecule has 28 heavy (non-hydrogen) atoms. The molecule has 0 saturated carbocycles. The Bertz CT molecular complexity index is 1040. The second-order valence-corrected chi connectivity index (χ2v) is 8.80. The highest BCUT2D eigenvalue weighted by Crippen LogP contribution is 2.28. The van der Waals surface area contributed by atoms with Crippen LogP contribution in [0, 0.1) is 17.2 Å². The van der Waals surface area contributed by atoms with Crippen LogP contribution in [0.15, 0.2) is 35.4 Å². The van der Waals surface area contributed by atoms with Crippen LogP contribution < -0.4 is 5.73 Å². The Morgan fingerprint density at radius 3 is 2.61 bits per heavy atom. The molecule has 2 N–H and O–H groups in total. The fraction of sp³-hybridized carbons (Fsp3) is 0.368. The minimum absolute atomic E-state index is 0.00683. The number of hydrogen-bond acceptors (Lipinski definition) is 6. The maximum atomic E-state index is 13.0. The van der Waals surface area contributed by atoms with Gasteiger partial charge in [0.1, 0.15) is 6.07 Å². The molecule has 0 radical (unpaired) electrons. The Kier molecular flexibility index (Phi) is 5.45. The maximum absolute atomic E-state index is 13.0. The van der Waals surface area contributed by atoms with Gasteiger partial charge in [-0.1, -0.05) is 13.0 Å². The predicted molar refractivity (Wildman–Crippen MR) is 103 cm³/mol. The summed E-state index contributed by atoms with van der Waals surface area (Å²) in [5, 5.41) is 9.24. The van der Waals surface area contributed by atoms with Crippen LogP contribution in [0.5, 0.6) is 0 Å². The monoisotopic (exact) mass is 402 g/mol. The minimum atomic E-state index is -3.66.